The van der Waals surface area contributed by atoms with Gasteiger partial charge < -0.3 is 9.64 Å². The van der Waals surface area contributed by atoms with E-state index in [0.717, 1.165) is 6.26 Å². The lowest BCUT2D eigenvalue weighted by Crippen LogP contribution is -2.34. The summed E-state index contributed by atoms with van der Waals surface area (Å²) in [5.41, 5.74) is 1.03. The van der Waals surface area contributed by atoms with Crippen LogP contribution in [0.5, 0.6) is 5.75 Å². The molecule has 2 aromatic carbocycles. The van der Waals surface area contributed by atoms with Crippen molar-refractivity contribution in [3.63, 3.8) is 0 Å². The Hall–Kier alpha value is -2.45. The fourth-order valence-electron chi connectivity index (χ4n) is 2.62. The summed E-state index contributed by atoms with van der Waals surface area (Å²) >= 11 is 0. The second kappa shape index (κ2) is 8.96. The molecule has 1 N–H and O–H groups in total. The topological polar surface area (TPSA) is 75.7 Å². The zero-order valence-electron chi connectivity index (χ0n) is 15.5. The van der Waals surface area contributed by atoms with E-state index in [2.05, 4.69) is 4.72 Å². The summed E-state index contributed by atoms with van der Waals surface area (Å²) in [4.78, 5) is 14.0. The monoisotopic (exact) mass is 394 g/mol. The third kappa shape index (κ3) is 6.33. The maximum atomic E-state index is 13.8. The zero-order chi connectivity index (χ0) is 20.0. The molecule has 6 nitrogen and oxygen atoms in total. The van der Waals surface area contributed by atoms with E-state index in [1.165, 1.54) is 18.1 Å². The number of nitrogens with zero attached hydrogens (tertiary/aromatic N) is 1. The molecule has 0 aliphatic carbocycles. The van der Waals surface area contributed by atoms with E-state index in [1.807, 2.05) is 0 Å². The summed E-state index contributed by atoms with van der Waals surface area (Å²) in [5.74, 6) is -0.0758. The van der Waals surface area contributed by atoms with Crippen molar-refractivity contribution in [2.24, 2.45) is 0 Å². The normalized spacial score (nSPS) is 12.4. The fourth-order valence-corrected chi connectivity index (χ4v) is 3.36. The first-order valence-corrected chi connectivity index (χ1v) is 10.2. The Morgan fingerprint density at radius 1 is 1.19 bits per heavy atom. The Morgan fingerprint density at radius 2 is 1.81 bits per heavy atom. The van der Waals surface area contributed by atoms with Crippen LogP contribution in [-0.4, -0.2) is 39.6 Å². The largest absolute Gasteiger partial charge is 0.497 e. The summed E-state index contributed by atoms with van der Waals surface area (Å²) in [7, 11) is -0.450. The number of methoxy groups -OCH3 is 1. The summed E-state index contributed by atoms with van der Waals surface area (Å²) < 4.78 is 44.8. The molecule has 0 aliphatic heterocycles. The van der Waals surface area contributed by atoms with Gasteiger partial charge in [0.1, 0.15) is 11.6 Å². The highest BCUT2D eigenvalue weighted by atomic mass is 32.2. The van der Waals surface area contributed by atoms with Crippen LogP contribution < -0.4 is 9.46 Å². The molecule has 27 heavy (non-hydrogen) atoms. The van der Waals surface area contributed by atoms with Crippen molar-refractivity contribution in [1.82, 2.24) is 9.62 Å². The van der Waals surface area contributed by atoms with E-state index in [0.29, 0.717) is 16.9 Å². The summed E-state index contributed by atoms with van der Waals surface area (Å²) in [5, 5.41) is 0. The lowest BCUT2D eigenvalue weighted by Gasteiger charge is -2.23. The quantitative estimate of drug-likeness (QED) is 0.746. The molecule has 0 heterocycles. The number of sulfonamides is 1. The van der Waals surface area contributed by atoms with Gasteiger partial charge in [-0.25, -0.2) is 17.5 Å². The van der Waals surface area contributed by atoms with Gasteiger partial charge in [0.25, 0.3) is 0 Å². The number of hydrogen-bond acceptors (Lipinski definition) is 4. The molecule has 8 heteroatoms. The summed E-state index contributed by atoms with van der Waals surface area (Å²) in [6.45, 7) is 0.0969. The average molecular weight is 394 g/mol. The highest BCUT2D eigenvalue weighted by Crippen LogP contribution is 2.22. The number of hydrogen-bond donors (Lipinski definition) is 1. The lowest BCUT2D eigenvalue weighted by molar-refractivity contribution is -0.130. The molecule has 0 spiro atoms. The van der Waals surface area contributed by atoms with Crippen LogP contribution >= 0.6 is 0 Å². The highest BCUT2D eigenvalue weighted by Gasteiger charge is 2.22. The molecule has 0 aliphatic rings. The third-order valence-electron chi connectivity index (χ3n) is 4.04. The minimum atomic E-state index is -3.54. The average Bonchev–Trinajstić information content (AvgIpc) is 2.62. The molecule has 0 saturated carbocycles. The number of carbonyl (C=O) groups is 1. The molecule has 0 bridgehead atoms. The van der Waals surface area contributed by atoms with Crippen molar-refractivity contribution in [1.29, 1.82) is 0 Å². The molecule has 0 fully saturated rings. The number of rotatable bonds is 8. The van der Waals surface area contributed by atoms with Gasteiger partial charge in [0.05, 0.1) is 19.4 Å². The van der Waals surface area contributed by atoms with Crippen molar-refractivity contribution < 1.29 is 22.3 Å². The van der Waals surface area contributed by atoms with Crippen LogP contribution in [0.15, 0.2) is 48.5 Å². The highest BCUT2D eigenvalue weighted by molar-refractivity contribution is 7.88. The fraction of sp³-hybridized carbons (Fsp3) is 0.316. The smallest absolute Gasteiger partial charge is 0.224 e. The van der Waals surface area contributed by atoms with Crippen LogP contribution in [0.2, 0.25) is 0 Å². The number of carbonyl (C=O) groups excluding carboxylic acids is 1. The van der Waals surface area contributed by atoms with Crippen LogP contribution in [0.3, 0.4) is 0 Å². The van der Waals surface area contributed by atoms with Crippen molar-refractivity contribution in [2.45, 2.75) is 19.0 Å². The maximum absolute atomic E-state index is 13.8. The standard InChI is InChI=1S/C19H23FN2O4S/c1-22(13-15-6-4-5-7-17(15)20)19(23)12-18(21-27(3,24)25)14-8-10-16(26-2)11-9-14/h4-11,18,21H,12-13H2,1-3H3/t18-/m0/s1. The molecular weight excluding hydrogens is 371 g/mol. The number of ether oxygens (including phenoxy) is 1. The maximum Gasteiger partial charge on any atom is 0.224 e. The second-order valence-electron chi connectivity index (χ2n) is 6.26. The van der Waals surface area contributed by atoms with E-state index in [1.54, 1.807) is 49.5 Å². The van der Waals surface area contributed by atoms with Crippen molar-refractivity contribution in [3.05, 3.63) is 65.5 Å². The molecule has 0 saturated heterocycles. The van der Waals surface area contributed by atoms with Gasteiger partial charge in [0, 0.05) is 25.6 Å². The Bertz CT molecular complexity index is 885. The van der Waals surface area contributed by atoms with Crippen LogP contribution in [-0.2, 0) is 21.4 Å². The number of halogens is 1. The van der Waals surface area contributed by atoms with Gasteiger partial charge >= 0.3 is 0 Å². The van der Waals surface area contributed by atoms with Gasteiger partial charge in [-0.05, 0) is 23.8 Å². The van der Waals surface area contributed by atoms with E-state index in [-0.39, 0.29) is 18.9 Å². The van der Waals surface area contributed by atoms with Gasteiger partial charge in [-0.15, -0.1) is 0 Å². The minimum Gasteiger partial charge on any atom is -0.497 e. The number of benzene rings is 2. The molecule has 2 rings (SSSR count). The first-order valence-electron chi connectivity index (χ1n) is 8.28. The number of amides is 1. The van der Waals surface area contributed by atoms with Gasteiger partial charge in [-0.3, -0.25) is 4.79 Å². The molecule has 1 amide bonds. The van der Waals surface area contributed by atoms with Gasteiger partial charge in [0.2, 0.25) is 15.9 Å². The SMILES string of the molecule is COc1ccc([C@H](CC(=O)N(C)Cc2ccccc2F)NS(C)(=O)=O)cc1. The predicted molar refractivity (Wildman–Crippen MR) is 101 cm³/mol. The minimum absolute atomic E-state index is 0.0929. The van der Waals surface area contributed by atoms with E-state index in [4.69, 9.17) is 4.74 Å². The van der Waals surface area contributed by atoms with Crippen LogP contribution in [0.25, 0.3) is 0 Å². The second-order valence-corrected chi connectivity index (χ2v) is 8.04. The molecule has 2 aromatic rings. The van der Waals surface area contributed by atoms with Gasteiger partial charge in [0.15, 0.2) is 0 Å². The van der Waals surface area contributed by atoms with Crippen LogP contribution in [0.1, 0.15) is 23.6 Å². The molecule has 0 radical (unpaired) electrons. The Kier molecular flexibility index (Phi) is 6.92. The van der Waals surface area contributed by atoms with Crippen LogP contribution in [0, 0.1) is 5.82 Å². The summed E-state index contributed by atoms with van der Waals surface area (Å²) in [6, 6.07) is 12.3. The zero-order valence-corrected chi connectivity index (χ0v) is 16.3. The summed E-state index contributed by atoms with van der Waals surface area (Å²) in [6.07, 6.45) is 0.946. The lowest BCUT2D eigenvalue weighted by atomic mass is 10.0. The Labute approximate surface area is 159 Å². The van der Waals surface area contributed by atoms with Crippen molar-refractivity contribution in [3.8, 4) is 5.75 Å². The molecule has 146 valence electrons. The first-order chi connectivity index (χ1) is 12.7. The number of nitrogens with one attached hydrogen (secondary N) is 1. The third-order valence-corrected chi connectivity index (χ3v) is 4.76. The van der Waals surface area contributed by atoms with Gasteiger partial charge in [-0.2, -0.15) is 0 Å². The van der Waals surface area contributed by atoms with Crippen molar-refractivity contribution in [2.75, 3.05) is 20.4 Å². The Morgan fingerprint density at radius 3 is 2.37 bits per heavy atom. The molecule has 0 unspecified atom stereocenters. The van der Waals surface area contributed by atoms with E-state index in [9.17, 15) is 17.6 Å². The van der Waals surface area contributed by atoms with E-state index >= 15 is 0 Å². The van der Waals surface area contributed by atoms with Crippen LogP contribution in [0.4, 0.5) is 4.39 Å². The Balaban J connectivity index is 2.15. The molecule has 0 aromatic heterocycles. The predicted octanol–water partition coefficient (Wildman–Crippen LogP) is 2.47. The first kappa shape index (κ1) is 20.9. The van der Waals surface area contributed by atoms with Gasteiger partial charge in [-0.1, -0.05) is 30.3 Å². The molecule has 1 atom stereocenters. The molecular formula is C19H23FN2O4S. The van der Waals surface area contributed by atoms with E-state index < -0.39 is 21.9 Å². The van der Waals surface area contributed by atoms with Crippen molar-refractivity contribution >= 4 is 15.9 Å².